The van der Waals surface area contributed by atoms with Crippen molar-refractivity contribution in [3.05, 3.63) is 73.1 Å². The van der Waals surface area contributed by atoms with Gasteiger partial charge >= 0.3 is 0 Å². The lowest BCUT2D eigenvalue weighted by atomic mass is 10.0. The molecule has 0 aliphatic rings. The van der Waals surface area contributed by atoms with Gasteiger partial charge in [-0.15, -0.1) is 0 Å². The SMILES string of the molecule is c1cncc(-c2nc3ccccc3c3[nH]c4ccccc4c23)c1. The van der Waals surface area contributed by atoms with Crippen molar-refractivity contribution in [3.8, 4) is 11.3 Å². The van der Waals surface area contributed by atoms with E-state index in [2.05, 4.69) is 58.5 Å². The molecule has 0 atom stereocenters. The first-order valence-corrected chi connectivity index (χ1v) is 7.61. The van der Waals surface area contributed by atoms with Crippen molar-refractivity contribution >= 4 is 32.7 Å². The summed E-state index contributed by atoms with van der Waals surface area (Å²) in [6.07, 6.45) is 3.66. The Bertz CT molecular complexity index is 1160. The van der Waals surface area contributed by atoms with Gasteiger partial charge in [-0.1, -0.05) is 36.4 Å². The van der Waals surface area contributed by atoms with Gasteiger partial charge in [0.2, 0.25) is 0 Å². The number of benzene rings is 2. The molecule has 0 saturated heterocycles. The number of nitrogens with zero attached hydrogens (tertiary/aromatic N) is 2. The number of para-hydroxylation sites is 2. The van der Waals surface area contributed by atoms with Gasteiger partial charge in [-0.25, -0.2) is 4.98 Å². The third-order valence-electron chi connectivity index (χ3n) is 4.28. The summed E-state index contributed by atoms with van der Waals surface area (Å²) >= 11 is 0. The minimum Gasteiger partial charge on any atom is -0.354 e. The Morgan fingerprint density at radius 2 is 1.61 bits per heavy atom. The van der Waals surface area contributed by atoms with Gasteiger partial charge in [-0.2, -0.15) is 0 Å². The van der Waals surface area contributed by atoms with Crippen molar-refractivity contribution in [1.82, 2.24) is 15.0 Å². The van der Waals surface area contributed by atoms with E-state index in [0.29, 0.717) is 0 Å². The number of rotatable bonds is 1. The lowest BCUT2D eigenvalue weighted by Gasteiger charge is -2.06. The minimum atomic E-state index is 0.976. The minimum absolute atomic E-state index is 0.976. The van der Waals surface area contributed by atoms with Crippen molar-refractivity contribution in [3.63, 3.8) is 0 Å². The number of aromatic amines is 1. The molecule has 0 amide bonds. The molecule has 5 rings (SSSR count). The Morgan fingerprint density at radius 3 is 2.48 bits per heavy atom. The van der Waals surface area contributed by atoms with Crippen molar-refractivity contribution in [1.29, 1.82) is 0 Å². The summed E-state index contributed by atoms with van der Waals surface area (Å²) in [5.74, 6) is 0. The Morgan fingerprint density at radius 1 is 0.783 bits per heavy atom. The molecule has 23 heavy (non-hydrogen) atoms. The van der Waals surface area contributed by atoms with Crippen LogP contribution in [0.1, 0.15) is 0 Å². The fourth-order valence-corrected chi connectivity index (χ4v) is 3.26. The highest BCUT2D eigenvalue weighted by atomic mass is 14.8. The highest BCUT2D eigenvalue weighted by molar-refractivity contribution is 6.20. The van der Waals surface area contributed by atoms with E-state index in [0.717, 1.165) is 38.6 Å². The van der Waals surface area contributed by atoms with Crippen LogP contribution in [0.2, 0.25) is 0 Å². The van der Waals surface area contributed by atoms with E-state index in [-0.39, 0.29) is 0 Å². The summed E-state index contributed by atoms with van der Waals surface area (Å²) in [5, 5.41) is 3.50. The number of aromatic nitrogens is 3. The molecule has 3 aromatic heterocycles. The first-order valence-electron chi connectivity index (χ1n) is 7.61. The molecular weight excluding hydrogens is 282 g/mol. The van der Waals surface area contributed by atoms with Gasteiger partial charge in [-0.05, 0) is 24.3 Å². The van der Waals surface area contributed by atoms with Gasteiger partial charge in [0.05, 0.1) is 16.7 Å². The second-order valence-corrected chi connectivity index (χ2v) is 5.64. The second kappa shape index (κ2) is 4.65. The first kappa shape index (κ1) is 12.4. The summed E-state index contributed by atoms with van der Waals surface area (Å²) in [6, 6.07) is 20.6. The van der Waals surface area contributed by atoms with E-state index in [1.165, 1.54) is 5.39 Å². The zero-order valence-corrected chi connectivity index (χ0v) is 12.3. The van der Waals surface area contributed by atoms with Crippen LogP contribution in [-0.4, -0.2) is 15.0 Å². The molecule has 2 aromatic carbocycles. The van der Waals surface area contributed by atoms with Crippen molar-refractivity contribution < 1.29 is 0 Å². The van der Waals surface area contributed by atoms with Crippen molar-refractivity contribution in [2.45, 2.75) is 0 Å². The lowest BCUT2D eigenvalue weighted by molar-refractivity contribution is 1.31. The molecule has 0 saturated carbocycles. The molecule has 0 bridgehead atoms. The molecule has 108 valence electrons. The van der Waals surface area contributed by atoms with E-state index in [9.17, 15) is 0 Å². The summed E-state index contributed by atoms with van der Waals surface area (Å²) in [7, 11) is 0. The van der Waals surface area contributed by atoms with Gasteiger partial charge in [0.25, 0.3) is 0 Å². The Balaban J connectivity index is 2.06. The van der Waals surface area contributed by atoms with Crippen LogP contribution in [0, 0.1) is 0 Å². The average Bonchev–Trinajstić information content (AvgIpc) is 3.02. The highest BCUT2D eigenvalue weighted by Crippen LogP contribution is 2.36. The topological polar surface area (TPSA) is 41.6 Å². The fourth-order valence-electron chi connectivity index (χ4n) is 3.26. The number of hydrogen-bond acceptors (Lipinski definition) is 2. The molecule has 0 fully saturated rings. The molecular formula is C20H13N3. The predicted molar refractivity (Wildman–Crippen MR) is 94.3 cm³/mol. The molecule has 3 heterocycles. The zero-order valence-electron chi connectivity index (χ0n) is 12.3. The molecule has 0 aliphatic heterocycles. The van der Waals surface area contributed by atoms with Gasteiger partial charge in [0, 0.05) is 39.6 Å². The van der Waals surface area contributed by atoms with Crippen LogP contribution in [-0.2, 0) is 0 Å². The Kier molecular flexibility index (Phi) is 2.50. The third kappa shape index (κ3) is 1.77. The third-order valence-corrected chi connectivity index (χ3v) is 4.28. The summed E-state index contributed by atoms with van der Waals surface area (Å²) in [4.78, 5) is 12.8. The molecule has 1 N–H and O–H groups in total. The summed E-state index contributed by atoms with van der Waals surface area (Å²) in [5.41, 5.74) is 5.27. The Hall–Kier alpha value is -3.20. The number of nitrogens with one attached hydrogen (secondary N) is 1. The highest BCUT2D eigenvalue weighted by Gasteiger charge is 2.15. The molecule has 5 aromatic rings. The van der Waals surface area contributed by atoms with Crippen LogP contribution in [0.15, 0.2) is 73.1 Å². The van der Waals surface area contributed by atoms with Gasteiger partial charge in [0.15, 0.2) is 0 Å². The number of pyridine rings is 2. The van der Waals surface area contributed by atoms with Crippen LogP contribution in [0.3, 0.4) is 0 Å². The second-order valence-electron chi connectivity index (χ2n) is 5.64. The zero-order chi connectivity index (χ0) is 15.2. The maximum atomic E-state index is 4.94. The Labute approximate surface area is 132 Å². The number of fused-ring (bicyclic) bond motifs is 5. The monoisotopic (exact) mass is 295 g/mol. The van der Waals surface area contributed by atoms with Crippen LogP contribution < -0.4 is 0 Å². The standard InChI is InChI=1S/C20H13N3/c1-3-9-16-14(7-1)18-19(13-6-5-11-21-12-13)22-17-10-4-2-8-15(17)20(18)23-16/h1-12,23H. The van der Waals surface area contributed by atoms with E-state index >= 15 is 0 Å². The number of hydrogen-bond donors (Lipinski definition) is 1. The van der Waals surface area contributed by atoms with Crippen LogP contribution in [0.4, 0.5) is 0 Å². The molecule has 3 nitrogen and oxygen atoms in total. The molecule has 0 spiro atoms. The van der Waals surface area contributed by atoms with Crippen molar-refractivity contribution in [2.75, 3.05) is 0 Å². The van der Waals surface area contributed by atoms with Gasteiger partial charge in [-0.3, -0.25) is 4.98 Å². The van der Waals surface area contributed by atoms with Crippen LogP contribution in [0.25, 0.3) is 44.0 Å². The normalized spacial score (nSPS) is 11.5. The van der Waals surface area contributed by atoms with Gasteiger partial charge in [0.1, 0.15) is 0 Å². The van der Waals surface area contributed by atoms with Gasteiger partial charge < -0.3 is 4.98 Å². The average molecular weight is 295 g/mol. The van der Waals surface area contributed by atoms with E-state index < -0.39 is 0 Å². The van der Waals surface area contributed by atoms with E-state index in [1.54, 1.807) is 6.20 Å². The van der Waals surface area contributed by atoms with Crippen LogP contribution >= 0.6 is 0 Å². The van der Waals surface area contributed by atoms with E-state index in [1.807, 2.05) is 18.3 Å². The smallest absolute Gasteiger partial charge is 0.0825 e. The maximum absolute atomic E-state index is 4.94. The summed E-state index contributed by atoms with van der Waals surface area (Å²) in [6.45, 7) is 0. The quantitative estimate of drug-likeness (QED) is 0.476. The number of H-pyrrole nitrogens is 1. The molecule has 0 unspecified atom stereocenters. The lowest BCUT2D eigenvalue weighted by Crippen LogP contribution is -1.88. The van der Waals surface area contributed by atoms with E-state index in [4.69, 9.17) is 4.98 Å². The first-order chi connectivity index (χ1) is 11.4. The molecule has 0 radical (unpaired) electrons. The van der Waals surface area contributed by atoms with Crippen molar-refractivity contribution in [2.24, 2.45) is 0 Å². The molecule has 0 aliphatic carbocycles. The predicted octanol–water partition coefficient (Wildman–Crippen LogP) is 4.93. The molecule has 3 heteroatoms. The maximum Gasteiger partial charge on any atom is 0.0825 e. The van der Waals surface area contributed by atoms with Crippen LogP contribution in [0.5, 0.6) is 0 Å². The largest absolute Gasteiger partial charge is 0.354 e. The summed E-state index contributed by atoms with van der Waals surface area (Å²) < 4.78 is 0. The fraction of sp³-hybridized carbons (Fsp3) is 0.